The van der Waals surface area contributed by atoms with Crippen LogP contribution in [0.3, 0.4) is 0 Å². The molecule has 0 N–H and O–H groups in total. The molecule has 0 atom stereocenters. The quantitative estimate of drug-likeness (QED) is 0.773. The van der Waals surface area contributed by atoms with Crippen LogP contribution in [0.5, 0.6) is 0 Å². The van der Waals surface area contributed by atoms with Crippen LogP contribution in [0.15, 0.2) is 18.3 Å². The van der Waals surface area contributed by atoms with Crippen LogP contribution >= 0.6 is 0 Å². The number of nitrogens with zero attached hydrogens (tertiary/aromatic N) is 3. The Morgan fingerprint density at radius 1 is 1.04 bits per heavy atom. The third kappa shape index (κ3) is 5.62. The number of aromatic nitrogens is 2. The minimum atomic E-state index is -0.568. The van der Waals surface area contributed by atoms with Crippen molar-refractivity contribution in [1.29, 1.82) is 0 Å². The van der Waals surface area contributed by atoms with Crippen LogP contribution in [-0.2, 0) is 9.47 Å². The summed E-state index contributed by atoms with van der Waals surface area (Å²) in [4.78, 5) is 25.7. The number of hydrogen-bond acceptors (Lipinski definition) is 5. The van der Waals surface area contributed by atoms with Gasteiger partial charge in [0.25, 0.3) is 0 Å². The van der Waals surface area contributed by atoms with Gasteiger partial charge in [0.15, 0.2) is 0 Å². The molecule has 25 heavy (non-hydrogen) atoms. The van der Waals surface area contributed by atoms with E-state index in [1.165, 1.54) is 4.68 Å². The topological polar surface area (TPSA) is 73.7 Å². The maximum absolute atomic E-state index is 12.1. The summed E-state index contributed by atoms with van der Waals surface area (Å²) in [7, 11) is 0. The molecule has 7 heteroatoms. The highest BCUT2D eigenvalue weighted by atomic mass is 16.6. The first-order valence-corrected chi connectivity index (χ1v) is 8.41. The van der Waals surface area contributed by atoms with Gasteiger partial charge < -0.3 is 14.4 Å². The first-order valence-electron chi connectivity index (χ1n) is 8.41. The number of carbonyl (C=O) groups is 2. The van der Waals surface area contributed by atoms with Gasteiger partial charge in [-0.3, -0.25) is 0 Å². The van der Waals surface area contributed by atoms with E-state index in [-0.39, 0.29) is 6.09 Å². The zero-order chi connectivity index (χ0) is 18.8. The Morgan fingerprint density at radius 2 is 1.64 bits per heavy atom. The van der Waals surface area contributed by atoms with E-state index >= 15 is 0 Å². The summed E-state index contributed by atoms with van der Waals surface area (Å²) in [6, 6.07) is 1.78. The van der Waals surface area contributed by atoms with Crippen LogP contribution in [0.2, 0.25) is 0 Å². The predicted octanol–water partition coefficient (Wildman–Crippen LogP) is 3.69. The molecule has 2 rings (SSSR count). The Morgan fingerprint density at radius 3 is 2.16 bits per heavy atom. The van der Waals surface area contributed by atoms with Gasteiger partial charge in [0.05, 0.1) is 5.69 Å². The van der Waals surface area contributed by atoms with Crippen LogP contribution in [-0.4, -0.2) is 51.2 Å². The summed E-state index contributed by atoms with van der Waals surface area (Å²) < 4.78 is 11.9. The fourth-order valence-corrected chi connectivity index (χ4v) is 2.30. The van der Waals surface area contributed by atoms with E-state index in [1.54, 1.807) is 17.2 Å². The van der Waals surface area contributed by atoms with Crippen molar-refractivity contribution in [3.63, 3.8) is 0 Å². The lowest BCUT2D eigenvalue weighted by atomic mass is 10.1. The van der Waals surface area contributed by atoms with E-state index in [4.69, 9.17) is 9.47 Å². The average molecular weight is 349 g/mol. The van der Waals surface area contributed by atoms with Gasteiger partial charge in [0, 0.05) is 19.3 Å². The zero-order valence-electron chi connectivity index (χ0n) is 15.8. The molecule has 0 bridgehead atoms. The Balaban J connectivity index is 2.00. The maximum Gasteiger partial charge on any atom is 0.435 e. The second kappa shape index (κ2) is 6.90. The molecule has 1 aliphatic heterocycles. The van der Waals surface area contributed by atoms with E-state index in [9.17, 15) is 9.59 Å². The minimum absolute atomic E-state index is 0.318. The lowest BCUT2D eigenvalue weighted by Gasteiger charge is -2.29. The zero-order valence-corrected chi connectivity index (χ0v) is 15.8. The van der Waals surface area contributed by atoms with Crippen LogP contribution in [0.1, 0.15) is 53.7 Å². The lowest BCUT2D eigenvalue weighted by molar-refractivity contribution is 0.0270. The van der Waals surface area contributed by atoms with Crippen molar-refractivity contribution in [2.24, 2.45) is 0 Å². The molecule has 138 valence electrons. The van der Waals surface area contributed by atoms with Gasteiger partial charge in [-0.15, -0.1) is 0 Å². The molecular formula is C18H27N3O4. The maximum atomic E-state index is 12.1. The van der Waals surface area contributed by atoms with Crippen LogP contribution in [0, 0.1) is 0 Å². The van der Waals surface area contributed by atoms with Crippen LogP contribution in [0.4, 0.5) is 9.59 Å². The van der Waals surface area contributed by atoms with Gasteiger partial charge in [0.2, 0.25) is 0 Å². The third-order valence-corrected chi connectivity index (χ3v) is 3.36. The van der Waals surface area contributed by atoms with E-state index in [0.29, 0.717) is 19.5 Å². The summed E-state index contributed by atoms with van der Waals surface area (Å²) in [5.41, 5.74) is 0.644. The van der Waals surface area contributed by atoms with Crippen molar-refractivity contribution in [2.75, 3.05) is 13.1 Å². The van der Waals surface area contributed by atoms with Crippen molar-refractivity contribution in [1.82, 2.24) is 14.7 Å². The van der Waals surface area contributed by atoms with Crippen molar-refractivity contribution >= 4 is 17.8 Å². The summed E-state index contributed by atoms with van der Waals surface area (Å²) in [5.74, 6) is 0. The smallest absolute Gasteiger partial charge is 0.435 e. The highest BCUT2D eigenvalue weighted by Gasteiger charge is 2.25. The summed E-state index contributed by atoms with van der Waals surface area (Å²) >= 11 is 0. The normalized spacial score (nSPS) is 15.6. The molecule has 1 aliphatic rings. The number of ether oxygens (including phenoxy) is 2. The Hall–Kier alpha value is -2.31. The Kier molecular flexibility index (Phi) is 5.25. The standard InChI is InChI=1S/C18H27N3O4/c1-17(2,3)24-15(22)20-10-7-13(8-11-20)14-9-12-21(19-14)16(23)25-18(4,5)6/h7,9,12H,8,10-11H2,1-6H3. The monoisotopic (exact) mass is 349 g/mol. The summed E-state index contributed by atoms with van der Waals surface area (Å²) in [5, 5.41) is 4.29. The lowest BCUT2D eigenvalue weighted by Crippen LogP contribution is -2.39. The van der Waals surface area contributed by atoms with Crippen molar-refractivity contribution in [3.05, 3.63) is 24.0 Å². The fraction of sp³-hybridized carbons (Fsp3) is 0.611. The molecule has 0 saturated carbocycles. The number of rotatable bonds is 1. The molecule has 0 fully saturated rings. The van der Waals surface area contributed by atoms with Gasteiger partial charge in [0.1, 0.15) is 11.2 Å². The first-order chi connectivity index (χ1) is 11.4. The summed E-state index contributed by atoms with van der Waals surface area (Å²) in [6.45, 7) is 12.0. The van der Waals surface area contributed by atoms with Crippen molar-refractivity contribution in [2.45, 2.75) is 59.2 Å². The molecule has 0 saturated heterocycles. The van der Waals surface area contributed by atoms with E-state index in [1.807, 2.05) is 47.6 Å². The van der Waals surface area contributed by atoms with Gasteiger partial charge in [-0.05, 0) is 59.6 Å². The molecule has 7 nitrogen and oxygen atoms in total. The molecule has 0 radical (unpaired) electrons. The molecule has 1 aromatic rings. The molecule has 0 aliphatic carbocycles. The first kappa shape index (κ1) is 19.0. The van der Waals surface area contributed by atoms with Gasteiger partial charge in [-0.2, -0.15) is 9.78 Å². The van der Waals surface area contributed by atoms with Crippen LogP contribution in [0.25, 0.3) is 5.57 Å². The summed E-state index contributed by atoms with van der Waals surface area (Å²) in [6.07, 6.45) is 3.36. The van der Waals surface area contributed by atoms with E-state index in [2.05, 4.69) is 5.10 Å². The van der Waals surface area contributed by atoms with Crippen molar-refractivity contribution < 1.29 is 19.1 Å². The molecule has 2 heterocycles. The number of hydrogen-bond donors (Lipinski definition) is 0. The van der Waals surface area contributed by atoms with Crippen LogP contribution < -0.4 is 0 Å². The Labute approximate surface area is 148 Å². The van der Waals surface area contributed by atoms with Crippen molar-refractivity contribution in [3.8, 4) is 0 Å². The molecule has 0 aromatic carbocycles. The minimum Gasteiger partial charge on any atom is -0.444 e. The molecular weight excluding hydrogens is 322 g/mol. The third-order valence-electron chi connectivity index (χ3n) is 3.36. The molecule has 0 spiro atoms. The average Bonchev–Trinajstić information content (AvgIpc) is 2.93. The van der Waals surface area contributed by atoms with E-state index in [0.717, 1.165) is 11.3 Å². The molecule has 0 unspecified atom stereocenters. The molecule has 1 aromatic heterocycles. The largest absolute Gasteiger partial charge is 0.444 e. The SMILES string of the molecule is CC(C)(C)OC(=O)N1CC=C(c2ccn(C(=O)OC(C)(C)C)n2)CC1. The van der Waals surface area contributed by atoms with Gasteiger partial charge in [-0.25, -0.2) is 9.59 Å². The number of carbonyl (C=O) groups excluding carboxylic acids is 2. The highest BCUT2D eigenvalue weighted by molar-refractivity contribution is 5.73. The highest BCUT2D eigenvalue weighted by Crippen LogP contribution is 2.22. The van der Waals surface area contributed by atoms with Gasteiger partial charge in [-0.1, -0.05) is 6.08 Å². The number of amides is 1. The molecule has 1 amide bonds. The predicted molar refractivity (Wildman–Crippen MR) is 94.3 cm³/mol. The fourth-order valence-electron chi connectivity index (χ4n) is 2.30. The van der Waals surface area contributed by atoms with Gasteiger partial charge >= 0.3 is 12.2 Å². The second-order valence-electron chi connectivity index (χ2n) is 8.03. The Bertz CT molecular complexity index is 677. The van der Waals surface area contributed by atoms with E-state index < -0.39 is 17.3 Å². The second-order valence-corrected chi connectivity index (χ2v) is 8.03.